The minimum atomic E-state index is -4.41. The van der Waals surface area contributed by atoms with Crippen molar-refractivity contribution in [2.45, 2.75) is 20.0 Å². The quantitative estimate of drug-likeness (QED) is 0.885. The van der Waals surface area contributed by atoms with Gasteiger partial charge in [-0.05, 0) is 31.5 Å². The zero-order valence-corrected chi connectivity index (χ0v) is 10.5. The molecule has 1 heterocycles. The van der Waals surface area contributed by atoms with Crippen LogP contribution in [0.1, 0.15) is 19.5 Å². The molecule has 1 unspecified atom stereocenters. The molecule has 0 aliphatic heterocycles. The summed E-state index contributed by atoms with van der Waals surface area (Å²) in [4.78, 5) is 5.46. The largest absolute Gasteiger partial charge is 0.433 e. The van der Waals surface area contributed by atoms with Crippen LogP contribution >= 0.6 is 0 Å². The Balaban J connectivity index is 2.93. The van der Waals surface area contributed by atoms with Gasteiger partial charge in [-0.3, -0.25) is 0 Å². The lowest BCUT2D eigenvalue weighted by molar-refractivity contribution is -0.141. The van der Waals surface area contributed by atoms with Crippen LogP contribution in [0.25, 0.3) is 0 Å². The molecular formula is C12H18F3N3. The lowest BCUT2D eigenvalue weighted by Gasteiger charge is -2.25. The molecule has 1 aromatic rings. The second-order valence-electron chi connectivity index (χ2n) is 4.26. The fourth-order valence-electron chi connectivity index (χ4n) is 1.59. The first-order valence-corrected chi connectivity index (χ1v) is 5.87. The van der Waals surface area contributed by atoms with E-state index in [-0.39, 0.29) is 5.92 Å². The van der Waals surface area contributed by atoms with Crippen molar-refractivity contribution in [2.75, 3.05) is 24.5 Å². The number of halogens is 3. The molecule has 1 aromatic heterocycles. The summed E-state index contributed by atoms with van der Waals surface area (Å²) in [5.41, 5.74) is 4.66. The first-order chi connectivity index (χ1) is 8.38. The number of anilines is 1. The summed E-state index contributed by atoms with van der Waals surface area (Å²) in [6, 6.07) is 3.94. The average molecular weight is 261 g/mol. The maximum Gasteiger partial charge on any atom is 0.433 e. The minimum Gasteiger partial charge on any atom is -0.357 e. The fraction of sp³-hybridized carbons (Fsp3) is 0.583. The van der Waals surface area contributed by atoms with Crippen LogP contribution < -0.4 is 10.6 Å². The van der Waals surface area contributed by atoms with Crippen LogP contribution in [0.2, 0.25) is 0 Å². The molecule has 6 heteroatoms. The van der Waals surface area contributed by atoms with E-state index in [1.807, 2.05) is 13.8 Å². The van der Waals surface area contributed by atoms with E-state index in [9.17, 15) is 13.2 Å². The van der Waals surface area contributed by atoms with E-state index in [2.05, 4.69) is 4.98 Å². The third kappa shape index (κ3) is 3.87. The first-order valence-electron chi connectivity index (χ1n) is 5.87. The normalized spacial score (nSPS) is 13.4. The number of nitrogens with zero attached hydrogens (tertiary/aromatic N) is 2. The smallest absolute Gasteiger partial charge is 0.357 e. The van der Waals surface area contributed by atoms with Crippen LogP contribution in [0.15, 0.2) is 18.2 Å². The molecule has 0 aliphatic carbocycles. The van der Waals surface area contributed by atoms with E-state index in [0.717, 1.165) is 6.07 Å². The van der Waals surface area contributed by atoms with E-state index < -0.39 is 11.9 Å². The molecule has 0 amide bonds. The second-order valence-corrected chi connectivity index (χ2v) is 4.26. The van der Waals surface area contributed by atoms with Gasteiger partial charge in [-0.1, -0.05) is 13.0 Å². The molecule has 0 bridgehead atoms. The Kier molecular flexibility index (Phi) is 4.95. The SMILES string of the molecule is CCN(CC(C)CN)c1cccc(C(F)(F)F)n1. The molecule has 0 saturated carbocycles. The Hall–Kier alpha value is -1.30. The first kappa shape index (κ1) is 14.8. The summed E-state index contributed by atoms with van der Waals surface area (Å²) >= 11 is 0. The Morgan fingerprint density at radius 2 is 2.06 bits per heavy atom. The van der Waals surface area contributed by atoms with E-state index in [1.54, 1.807) is 11.0 Å². The highest BCUT2D eigenvalue weighted by Crippen LogP contribution is 2.28. The van der Waals surface area contributed by atoms with Gasteiger partial charge in [0, 0.05) is 13.1 Å². The van der Waals surface area contributed by atoms with Crippen molar-refractivity contribution in [3.63, 3.8) is 0 Å². The molecule has 1 rings (SSSR count). The molecule has 18 heavy (non-hydrogen) atoms. The summed E-state index contributed by atoms with van der Waals surface area (Å²) in [5.74, 6) is 0.550. The van der Waals surface area contributed by atoms with Crippen LogP contribution in [0.3, 0.4) is 0 Å². The van der Waals surface area contributed by atoms with Gasteiger partial charge < -0.3 is 10.6 Å². The maximum absolute atomic E-state index is 12.6. The Labute approximate surface area is 105 Å². The number of alkyl halides is 3. The van der Waals surface area contributed by atoms with E-state index >= 15 is 0 Å². The van der Waals surface area contributed by atoms with Crippen molar-refractivity contribution < 1.29 is 13.2 Å². The number of hydrogen-bond acceptors (Lipinski definition) is 3. The molecule has 0 fully saturated rings. The molecule has 0 saturated heterocycles. The predicted octanol–water partition coefficient (Wildman–Crippen LogP) is 2.52. The fourth-order valence-corrected chi connectivity index (χ4v) is 1.59. The van der Waals surface area contributed by atoms with E-state index in [0.29, 0.717) is 25.5 Å². The van der Waals surface area contributed by atoms with E-state index in [4.69, 9.17) is 5.73 Å². The zero-order valence-electron chi connectivity index (χ0n) is 10.5. The van der Waals surface area contributed by atoms with E-state index in [1.165, 1.54) is 6.07 Å². The van der Waals surface area contributed by atoms with Crippen molar-refractivity contribution in [2.24, 2.45) is 11.7 Å². The highest BCUT2D eigenvalue weighted by Gasteiger charge is 2.32. The summed E-state index contributed by atoms with van der Waals surface area (Å²) in [6.45, 7) is 5.52. The van der Waals surface area contributed by atoms with Crippen LogP contribution in [0, 0.1) is 5.92 Å². The highest BCUT2D eigenvalue weighted by atomic mass is 19.4. The summed E-state index contributed by atoms with van der Waals surface area (Å²) in [5, 5.41) is 0. The average Bonchev–Trinajstić information content (AvgIpc) is 2.34. The molecular weight excluding hydrogens is 243 g/mol. The molecule has 102 valence electrons. The second kappa shape index (κ2) is 6.04. The van der Waals surface area contributed by atoms with Crippen LogP contribution in [0.4, 0.5) is 19.0 Å². The van der Waals surface area contributed by atoms with Crippen LogP contribution in [0.5, 0.6) is 0 Å². The lowest BCUT2D eigenvalue weighted by Crippen LogP contribution is -2.32. The number of pyridine rings is 1. The Bertz CT molecular complexity index is 379. The van der Waals surface area contributed by atoms with Crippen LogP contribution in [-0.2, 0) is 6.18 Å². The molecule has 0 spiro atoms. The van der Waals surface area contributed by atoms with Crippen LogP contribution in [-0.4, -0.2) is 24.6 Å². The standard InChI is InChI=1S/C12H18F3N3/c1-3-18(8-9(2)7-16)11-6-4-5-10(17-11)12(13,14)15/h4-6,9H,3,7-8,16H2,1-2H3. The number of rotatable bonds is 5. The van der Waals surface area contributed by atoms with Gasteiger partial charge in [-0.25, -0.2) is 4.98 Å². The Morgan fingerprint density at radius 3 is 2.56 bits per heavy atom. The zero-order chi connectivity index (χ0) is 13.8. The third-order valence-corrected chi connectivity index (χ3v) is 2.66. The predicted molar refractivity (Wildman–Crippen MR) is 65.3 cm³/mol. The molecule has 0 aliphatic rings. The number of hydrogen-bond donors (Lipinski definition) is 1. The topological polar surface area (TPSA) is 42.1 Å². The third-order valence-electron chi connectivity index (χ3n) is 2.66. The van der Waals surface area contributed by atoms with Crippen molar-refractivity contribution in [1.82, 2.24) is 4.98 Å². The summed E-state index contributed by atoms with van der Waals surface area (Å²) < 4.78 is 37.7. The lowest BCUT2D eigenvalue weighted by atomic mass is 10.1. The van der Waals surface area contributed by atoms with Crippen molar-refractivity contribution in [3.8, 4) is 0 Å². The van der Waals surface area contributed by atoms with Gasteiger partial charge in [-0.2, -0.15) is 13.2 Å². The number of nitrogens with two attached hydrogens (primary N) is 1. The summed E-state index contributed by atoms with van der Waals surface area (Å²) in [6.07, 6.45) is -4.41. The van der Waals surface area contributed by atoms with Gasteiger partial charge in [0.25, 0.3) is 0 Å². The van der Waals surface area contributed by atoms with Crippen molar-refractivity contribution in [3.05, 3.63) is 23.9 Å². The van der Waals surface area contributed by atoms with Gasteiger partial charge in [-0.15, -0.1) is 0 Å². The van der Waals surface area contributed by atoms with Gasteiger partial charge >= 0.3 is 6.18 Å². The molecule has 3 nitrogen and oxygen atoms in total. The van der Waals surface area contributed by atoms with Crippen molar-refractivity contribution >= 4 is 5.82 Å². The highest BCUT2D eigenvalue weighted by molar-refractivity contribution is 5.39. The van der Waals surface area contributed by atoms with Gasteiger partial charge in [0.2, 0.25) is 0 Å². The number of aromatic nitrogens is 1. The monoisotopic (exact) mass is 261 g/mol. The minimum absolute atomic E-state index is 0.210. The maximum atomic E-state index is 12.6. The van der Waals surface area contributed by atoms with Gasteiger partial charge in [0.15, 0.2) is 0 Å². The Morgan fingerprint density at radius 1 is 1.39 bits per heavy atom. The molecule has 2 N–H and O–H groups in total. The molecule has 0 radical (unpaired) electrons. The molecule has 1 atom stereocenters. The van der Waals surface area contributed by atoms with Gasteiger partial charge in [0.05, 0.1) is 0 Å². The summed E-state index contributed by atoms with van der Waals surface area (Å²) in [7, 11) is 0. The molecule has 0 aromatic carbocycles. The van der Waals surface area contributed by atoms with Gasteiger partial charge in [0.1, 0.15) is 11.5 Å². The van der Waals surface area contributed by atoms with Crippen molar-refractivity contribution in [1.29, 1.82) is 0 Å².